The van der Waals surface area contributed by atoms with Gasteiger partial charge in [-0.25, -0.2) is 0 Å². The van der Waals surface area contributed by atoms with Crippen molar-refractivity contribution >= 4 is 40.5 Å². The van der Waals surface area contributed by atoms with E-state index in [9.17, 15) is 24.0 Å². The van der Waals surface area contributed by atoms with E-state index >= 15 is 0 Å². The summed E-state index contributed by atoms with van der Waals surface area (Å²) in [5, 5.41) is 2.11. The highest BCUT2D eigenvalue weighted by Gasteiger charge is 2.69. The van der Waals surface area contributed by atoms with Crippen LogP contribution in [0.5, 0.6) is 0 Å². The Labute approximate surface area is 278 Å². The number of fused-ring (bicyclic) bond motifs is 1. The highest BCUT2D eigenvalue weighted by molar-refractivity contribution is 7.09. The second-order valence-electron chi connectivity index (χ2n) is 16.4. The molecule has 4 saturated carbocycles. The second kappa shape index (κ2) is 13.6. The van der Waals surface area contributed by atoms with Gasteiger partial charge >= 0.3 is 0 Å². The molecule has 7 nitrogen and oxygen atoms in total. The summed E-state index contributed by atoms with van der Waals surface area (Å²) in [6.07, 6.45) is 15.1. The molecule has 1 unspecified atom stereocenters. The van der Waals surface area contributed by atoms with Crippen LogP contribution in [0.2, 0.25) is 0 Å². The van der Waals surface area contributed by atoms with Crippen LogP contribution in [-0.2, 0) is 30.4 Å². The van der Waals surface area contributed by atoms with Crippen molar-refractivity contribution in [3.05, 3.63) is 22.4 Å². The first kappa shape index (κ1) is 33.5. The van der Waals surface area contributed by atoms with E-state index in [2.05, 4.69) is 31.4 Å². The Hall–Kier alpha value is -2.35. The molecule has 5 fully saturated rings. The Bertz CT molecular complexity index is 1300. The molecule has 5 aliphatic rings. The Morgan fingerprint density at radius 1 is 0.957 bits per heavy atom. The van der Waals surface area contributed by atoms with Crippen LogP contribution in [0.15, 0.2) is 17.5 Å². The number of rotatable bonds is 15. The highest BCUT2D eigenvalue weighted by atomic mass is 32.1. The van der Waals surface area contributed by atoms with Gasteiger partial charge in [-0.3, -0.25) is 24.0 Å². The van der Waals surface area contributed by atoms with E-state index in [1.807, 2.05) is 4.90 Å². The fraction of sp³-hybridized carbons (Fsp3) is 0.763. The van der Waals surface area contributed by atoms with E-state index in [1.54, 1.807) is 11.3 Å². The van der Waals surface area contributed by atoms with Gasteiger partial charge < -0.3 is 10.6 Å². The molecule has 6 rings (SSSR count). The molecule has 46 heavy (non-hydrogen) atoms. The molecule has 2 N–H and O–H groups in total. The molecule has 4 aliphatic carbocycles. The van der Waals surface area contributed by atoms with Crippen molar-refractivity contribution in [3.8, 4) is 0 Å². The first-order valence-electron chi connectivity index (χ1n) is 18.2. The fourth-order valence-corrected chi connectivity index (χ4v) is 10.8. The largest absolute Gasteiger partial charge is 0.363 e. The quantitative estimate of drug-likeness (QED) is 0.212. The summed E-state index contributed by atoms with van der Waals surface area (Å²) in [6, 6.07) is 3.68. The number of nitrogens with zero attached hydrogens (tertiary/aromatic N) is 1. The molecule has 0 aromatic carbocycles. The average Bonchev–Trinajstić information content (AvgIpc) is 3.75. The van der Waals surface area contributed by atoms with Gasteiger partial charge in [-0.05, 0) is 84.5 Å². The van der Waals surface area contributed by atoms with Crippen molar-refractivity contribution < 1.29 is 24.0 Å². The van der Waals surface area contributed by atoms with Crippen LogP contribution in [-0.4, -0.2) is 46.7 Å². The van der Waals surface area contributed by atoms with E-state index in [0.29, 0.717) is 25.3 Å². The third kappa shape index (κ3) is 7.22. The van der Waals surface area contributed by atoms with Gasteiger partial charge in [-0.2, -0.15) is 0 Å². The molecule has 0 bridgehead atoms. The number of Topliss-reactive ketones (excluding diaryl/α,β-unsaturated/α-hetero) is 3. The Morgan fingerprint density at radius 3 is 2.28 bits per heavy atom. The standard InChI is InChI=1S/C38H54N2O5S/c1-37(2)30-23-40(33(32(30)37)31(42)19-26(18-24-13-14-24)34(43)35(39)44)36(45)29(25-10-5-3-6-11-25)20-27(41)21-38(15-7-4-8-16-38)22-28-12-9-17-46-28/h9,12,17,24-26,29-30,32-33H,3-8,10-11,13-16,18-23H2,1-2H3,(H2,39,44)/t26?,29-,30-,32-,33+/m0/s1. The van der Waals surface area contributed by atoms with E-state index < -0.39 is 29.6 Å². The topological polar surface area (TPSA) is 115 Å². The van der Waals surface area contributed by atoms with Crippen molar-refractivity contribution in [1.82, 2.24) is 4.90 Å². The van der Waals surface area contributed by atoms with Crippen LogP contribution in [0.1, 0.15) is 121 Å². The minimum atomic E-state index is -0.979. The molecule has 252 valence electrons. The number of hydrogen-bond acceptors (Lipinski definition) is 6. The molecule has 8 heteroatoms. The molecule has 5 atom stereocenters. The van der Waals surface area contributed by atoms with Crippen LogP contribution in [0.4, 0.5) is 0 Å². The van der Waals surface area contributed by atoms with Crippen LogP contribution in [0.25, 0.3) is 0 Å². The molecule has 0 radical (unpaired) electrons. The first-order chi connectivity index (χ1) is 22.0. The summed E-state index contributed by atoms with van der Waals surface area (Å²) in [6.45, 7) is 4.86. The lowest BCUT2D eigenvalue weighted by molar-refractivity contribution is -0.147. The Kier molecular flexibility index (Phi) is 9.95. The van der Waals surface area contributed by atoms with Gasteiger partial charge in [0.15, 0.2) is 5.78 Å². The molecule has 2 heterocycles. The smallest absolute Gasteiger partial charge is 0.285 e. The van der Waals surface area contributed by atoms with E-state index in [0.717, 1.165) is 77.0 Å². The molecule has 1 saturated heterocycles. The normalized spacial score (nSPS) is 28.2. The number of nitrogens with two attached hydrogens (primary N) is 1. The molecular formula is C38H54N2O5S. The predicted octanol–water partition coefficient (Wildman–Crippen LogP) is 6.70. The molecular weight excluding hydrogens is 596 g/mol. The number of likely N-dealkylation sites (tertiary alicyclic amines) is 1. The van der Waals surface area contributed by atoms with Crippen molar-refractivity contribution in [2.75, 3.05) is 6.54 Å². The summed E-state index contributed by atoms with van der Waals surface area (Å²) in [5.74, 6) is -1.89. The van der Waals surface area contributed by atoms with E-state index in [-0.39, 0.29) is 58.9 Å². The second-order valence-corrected chi connectivity index (χ2v) is 17.4. The maximum atomic E-state index is 14.7. The van der Waals surface area contributed by atoms with Gasteiger partial charge in [0, 0.05) is 42.5 Å². The third-order valence-corrected chi connectivity index (χ3v) is 13.7. The summed E-state index contributed by atoms with van der Waals surface area (Å²) in [7, 11) is 0. The molecule has 1 aromatic heterocycles. The summed E-state index contributed by atoms with van der Waals surface area (Å²) in [4.78, 5) is 70.7. The van der Waals surface area contributed by atoms with Crippen molar-refractivity contribution in [2.45, 2.75) is 129 Å². The number of piperidine rings is 1. The van der Waals surface area contributed by atoms with Crippen LogP contribution in [0.3, 0.4) is 0 Å². The zero-order chi connectivity index (χ0) is 32.6. The highest BCUT2D eigenvalue weighted by Crippen LogP contribution is 2.65. The fourth-order valence-electron chi connectivity index (χ4n) is 9.93. The van der Waals surface area contributed by atoms with Gasteiger partial charge in [0.2, 0.25) is 11.7 Å². The number of thiophene rings is 1. The zero-order valence-electron chi connectivity index (χ0n) is 28.0. The van der Waals surface area contributed by atoms with Crippen LogP contribution < -0.4 is 5.73 Å². The van der Waals surface area contributed by atoms with Gasteiger partial charge in [0.25, 0.3) is 5.91 Å². The monoisotopic (exact) mass is 650 g/mol. The van der Waals surface area contributed by atoms with Crippen LogP contribution >= 0.6 is 11.3 Å². The molecule has 0 spiro atoms. The van der Waals surface area contributed by atoms with E-state index in [4.69, 9.17) is 5.73 Å². The van der Waals surface area contributed by atoms with Crippen molar-refractivity contribution in [1.29, 1.82) is 0 Å². The molecule has 1 aliphatic heterocycles. The number of primary amides is 1. The third-order valence-electron chi connectivity index (χ3n) is 12.8. The minimum Gasteiger partial charge on any atom is -0.363 e. The molecule has 2 amide bonds. The van der Waals surface area contributed by atoms with Crippen molar-refractivity contribution in [3.63, 3.8) is 0 Å². The summed E-state index contributed by atoms with van der Waals surface area (Å²) >= 11 is 1.77. The van der Waals surface area contributed by atoms with Gasteiger partial charge in [-0.1, -0.05) is 71.3 Å². The minimum absolute atomic E-state index is 0.0261. The van der Waals surface area contributed by atoms with Gasteiger partial charge in [0.05, 0.1) is 6.04 Å². The van der Waals surface area contributed by atoms with Crippen molar-refractivity contribution in [2.24, 2.45) is 52.1 Å². The van der Waals surface area contributed by atoms with Gasteiger partial charge in [0.1, 0.15) is 5.78 Å². The lowest BCUT2D eigenvalue weighted by atomic mass is 9.67. The van der Waals surface area contributed by atoms with E-state index in [1.165, 1.54) is 11.3 Å². The maximum absolute atomic E-state index is 14.7. The number of hydrogen-bond donors (Lipinski definition) is 1. The zero-order valence-corrected chi connectivity index (χ0v) is 28.8. The first-order valence-corrected chi connectivity index (χ1v) is 19.1. The SMILES string of the molecule is CC1(C)[C@@H]2[C@@H](C(=O)CC(CC3CC3)C(=O)C(N)=O)N(C(=O)[C@@H](CC(=O)CC3(Cc4cccs4)CCCCC3)C3CCCCC3)C[C@@H]21. The lowest BCUT2D eigenvalue weighted by Gasteiger charge is -2.39. The summed E-state index contributed by atoms with van der Waals surface area (Å²) < 4.78 is 0. The van der Waals surface area contributed by atoms with Crippen LogP contribution in [0, 0.1) is 46.3 Å². The lowest BCUT2D eigenvalue weighted by Crippen LogP contribution is -2.50. The maximum Gasteiger partial charge on any atom is 0.285 e. The number of ketones is 3. The predicted molar refractivity (Wildman–Crippen MR) is 179 cm³/mol. The summed E-state index contributed by atoms with van der Waals surface area (Å²) in [5.41, 5.74) is 5.32. The Balaban J connectivity index is 1.21. The average molecular weight is 651 g/mol. The number of carbonyl (C=O) groups is 5. The Morgan fingerprint density at radius 2 is 1.65 bits per heavy atom. The number of amides is 2. The molecule has 1 aromatic rings. The number of carbonyl (C=O) groups excluding carboxylic acids is 5. The van der Waals surface area contributed by atoms with Gasteiger partial charge in [-0.15, -0.1) is 11.3 Å².